The largest absolute Gasteiger partial charge is 0.445 e. The summed E-state index contributed by atoms with van der Waals surface area (Å²) >= 11 is 0. The van der Waals surface area contributed by atoms with Gasteiger partial charge in [0.05, 0.1) is 77.3 Å². The van der Waals surface area contributed by atoms with Crippen LogP contribution < -0.4 is 47.9 Å². The molecule has 3 unspecified atom stereocenters. The number of nitrogens with two attached hydrogens (primary N) is 1. The number of alkyl carbamates (subject to hydrolysis) is 1. The number of anilines is 2. The van der Waals surface area contributed by atoms with Crippen LogP contribution in [0.15, 0.2) is 96.6 Å². The molecule has 12 atom stereocenters. The van der Waals surface area contributed by atoms with Crippen LogP contribution in [0.3, 0.4) is 0 Å². The van der Waals surface area contributed by atoms with Crippen molar-refractivity contribution >= 4 is 82.7 Å². The van der Waals surface area contributed by atoms with Crippen molar-refractivity contribution in [1.82, 2.24) is 31.9 Å². The van der Waals surface area contributed by atoms with Crippen LogP contribution in [0.4, 0.5) is 25.4 Å². The third-order valence-corrected chi connectivity index (χ3v) is 20.7. The van der Waals surface area contributed by atoms with Gasteiger partial charge in [0, 0.05) is 54.8 Å². The normalized spacial score (nSPS) is 24.7. The number of benzene rings is 3. The molecular formula is C77H102FN9O19. The Morgan fingerprint density at radius 2 is 1.42 bits per heavy atom. The van der Waals surface area contributed by atoms with E-state index in [0.29, 0.717) is 62.5 Å². The van der Waals surface area contributed by atoms with Crippen LogP contribution >= 0.6 is 0 Å². The number of ether oxygens (including phenoxy) is 8. The van der Waals surface area contributed by atoms with E-state index in [9.17, 15) is 53.1 Å². The second-order valence-corrected chi connectivity index (χ2v) is 28.3. The Morgan fingerprint density at radius 3 is 2.14 bits per heavy atom. The van der Waals surface area contributed by atoms with E-state index in [2.05, 4.69) is 43.3 Å². The molecule has 3 saturated carbocycles. The average Bonchev–Trinajstić information content (AvgIpc) is 1.49. The highest BCUT2D eigenvalue weighted by Crippen LogP contribution is 2.70. The fourth-order valence-electron chi connectivity index (χ4n) is 15.6. The summed E-state index contributed by atoms with van der Waals surface area (Å²) in [5.41, 5.74) is 6.84. The molecule has 576 valence electrons. The first-order chi connectivity index (χ1) is 50.9. The van der Waals surface area contributed by atoms with E-state index in [0.717, 1.165) is 22.4 Å². The summed E-state index contributed by atoms with van der Waals surface area (Å²) in [5.74, 6) is -4.87. The number of hydrogen-bond acceptors (Lipinski definition) is 19. The molecule has 3 aromatic carbocycles. The van der Waals surface area contributed by atoms with E-state index in [1.807, 2.05) is 75.4 Å². The van der Waals surface area contributed by atoms with Crippen LogP contribution in [0.1, 0.15) is 121 Å². The molecule has 2 aliphatic heterocycles. The maximum absolute atomic E-state index is 16.1. The number of halogens is 1. The Bertz CT molecular complexity index is 3690. The lowest BCUT2D eigenvalue weighted by molar-refractivity contribution is -0.203. The number of carbonyl (C=O) groups excluding carboxylic acids is 10. The molecule has 3 aromatic rings. The van der Waals surface area contributed by atoms with E-state index >= 15 is 4.39 Å². The molecule has 9 rings (SSSR count). The number of hydrogen-bond donors (Lipinski definition) is 9. The first kappa shape index (κ1) is 81.3. The predicted octanol–water partition coefficient (Wildman–Crippen LogP) is 5.77. The van der Waals surface area contributed by atoms with Crippen LogP contribution in [0.25, 0.3) is 12.2 Å². The van der Waals surface area contributed by atoms with E-state index < -0.39 is 126 Å². The molecule has 1 saturated heterocycles. The Kier molecular flexibility index (Phi) is 29.6. The number of alkyl halides is 1. The number of nitrogens with zero attached hydrogens (tertiary/aromatic N) is 1. The van der Waals surface area contributed by atoms with Gasteiger partial charge in [0.25, 0.3) is 0 Å². The van der Waals surface area contributed by atoms with Crippen LogP contribution in [-0.4, -0.2) is 192 Å². The number of rotatable bonds is 39. The number of allylic oxidation sites excluding steroid dienone is 4. The lowest BCUT2D eigenvalue weighted by Crippen LogP contribution is -2.64. The number of Topliss-reactive ketones (excluding diaryl/α,β-unsaturated/α-hetero) is 1. The van der Waals surface area contributed by atoms with Gasteiger partial charge in [-0.1, -0.05) is 114 Å². The molecule has 0 radical (unpaired) electrons. The summed E-state index contributed by atoms with van der Waals surface area (Å²) in [4.78, 5) is 132. The summed E-state index contributed by atoms with van der Waals surface area (Å²) in [5, 5.41) is 30.4. The maximum Gasteiger partial charge on any atom is 0.407 e. The van der Waals surface area contributed by atoms with E-state index in [1.165, 1.54) is 12.2 Å². The number of primary amides is 1. The van der Waals surface area contributed by atoms with Crippen molar-refractivity contribution in [3.05, 3.63) is 119 Å². The SMILES string of the molecule is CCCC1O[C@@H]2CC3[C@@H]4C[C@H](F)C5=CC(=O)C=C[C@]5(C)C4[C@@H](O)C[C@]3(C)[C@]2(C(=O)COCNC(=O)CNC(=O)OCc2ccc(NC(=O)[C@H](CCCNC(N)=O)NC(=O)[C@@H](NC(=O)CCOCCOCCOCCOCCNC(=O)CCC(=O)N3Cc4ccccc4/C=C\c4ccccc43)C(C)C)cc2)O1. The highest BCUT2D eigenvalue weighted by Gasteiger charge is 2.76. The molecule has 2 heterocycles. The van der Waals surface area contributed by atoms with Gasteiger partial charge in [-0.25, -0.2) is 14.0 Å². The lowest BCUT2D eigenvalue weighted by atomic mass is 9.46. The Balaban J connectivity index is 0.614. The number of amides is 9. The number of aliphatic hydroxyl groups is 1. The molecule has 4 aliphatic carbocycles. The number of fused-ring (bicyclic) bond motifs is 9. The number of urea groups is 1. The van der Waals surface area contributed by atoms with Gasteiger partial charge in [0.1, 0.15) is 44.7 Å². The van der Waals surface area contributed by atoms with Gasteiger partial charge >= 0.3 is 12.1 Å². The molecule has 0 spiro atoms. The standard InChI is InChI=1S/C77H102FN9O19/c1-6-12-68-105-63-41-56-55-40-58(78)57-39-54(88)26-28-75(57,4)69(55)61(89)42-76(56,5)77(63,106-68)62(90)46-103-47-83-66(93)43-82-74(98)104-45-49-18-22-53(23-19-49)84-71(95)59(16-11-29-81-73(79)97)85-72(96)70(48(2)3)86-65(92)27-31-99-33-35-101-37-38-102-36-34-100-32-30-80-64(91)24-25-67(94)87-44-52-15-8-7-13-50(52)20-21-51-14-9-10-17-60(51)87/h7-10,13-15,17-23,26,28,39,48,55-56,58-59,61,63,68-70,89H,6,11-12,16,24-25,27,29-38,40-47H2,1-5H3,(H,80,91)(H,82,98)(H,83,93)(H,84,95)(H,85,96)(H,86,92)(H3,79,81,97)/b21-20-/t55-,56?,58-,59-,61-,63+,68?,69?,70-,75-,76-,77+/m0/s1. The summed E-state index contributed by atoms with van der Waals surface area (Å²) in [6.45, 7) is 10.3. The fraction of sp³-hybridized carbons (Fsp3) is 0.558. The van der Waals surface area contributed by atoms with Crippen LogP contribution in [0.2, 0.25) is 0 Å². The topological polar surface area (TPSA) is 378 Å². The van der Waals surface area contributed by atoms with Gasteiger partial charge in [0.2, 0.25) is 35.4 Å². The van der Waals surface area contributed by atoms with Crippen molar-refractivity contribution in [3.63, 3.8) is 0 Å². The van der Waals surface area contributed by atoms with Gasteiger partial charge in [0.15, 0.2) is 23.5 Å². The number of carbonyl (C=O) groups is 10. The Morgan fingerprint density at radius 1 is 0.736 bits per heavy atom. The summed E-state index contributed by atoms with van der Waals surface area (Å²) in [7, 11) is 0. The van der Waals surface area contributed by atoms with Crippen molar-refractivity contribution in [2.75, 3.05) is 96.0 Å². The van der Waals surface area contributed by atoms with Gasteiger partial charge < -0.3 is 90.9 Å². The molecule has 6 aliphatic rings. The van der Waals surface area contributed by atoms with E-state index in [1.54, 1.807) is 49.1 Å². The molecule has 29 heteroatoms. The van der Waals surface area contributed by atoms with Crippen LogP contribution in [0.5, 0.6) is 0 Å². The monoisotopic (exact) mass is 1480 g/mol. The zero-order valence-electron chi connectivity index (χ0n) is 61.0. The van der Waals surface area contributed by atoms with Crippen molar-refractivity contribution < 1.29 is 95.3 Å². The molecule has 10 N–H and O–H groups in total. The zero-order valence-corrected chi connectivity index (χ0v) is 61.0. The number of aliphatic hydroxyl groups excluding tert-OH is 1. The molecule has 4 fully saturated rings. The lowest BCUT2D eigenvalue weighted by Gasteiger charge is -2.60. The molecule has 106 heavy (non-hydrogen) atoms. The van der Waals surface area contributed by atoms with E-state index in [-0.39, 0.29) is 127 Å². The average molecular weight is 1480 g/mol. The minimum absolute atomic E-state index is 0.0390. The smallest absolute Gasteiger partial charge is 0.407 e. The minimum Gasteiger partial charge on any atom is -0.445 e. The summed E-state index contributed by atoms with van der Waals surface area (Å²) in [6.07, 6.45) is 6.10. The van der Waals surface area contributed by atoms with Gasteiger partial charge in [-0.05, 0) is 114 Å². The van der Waals surface area contributed by atoms with Crippen LogP contribution in [0, 0.1) is 34.5 Å². The van der Waals surface area contributed by atoms with E-state index in [4.69, 9.17) is 43.6 Å². The highest BCUT2D eigenvalue weighted by molar-refractivity contribution is 6.02. The maximum atomic E-state index is 16.1. The predicted molar refractivity (Wildman–Crippen MR) is 387 cm³/mol. The van der Waals surface area contributed by atoms with Gasteiger partial charge in [-0.2, -0.15) is 0 Å². The van der Waals surface area contributed by atoms with Crippen LogP contribution in [-0.2, 0) is 89.4 Å². The molecule has 28 nitrogen and oxygen atoms in total. The number of nitrogens with one attached hydrogen (secondary N) is 7. The Labute approximate surface area is 616 Å². The molecule has 9 amide bonds. The van der Waals surface area contributed by atoms with Crippen molar-refractivity contribution in [2.45, 2.75) is 154 Å². The second-order valence-electron chi connectivity index (χ2n) is 28.3. The first-order valence-corrected chi connectivity index (χ1v) is 36.6. The molecular weight excluding hydrogens is 1370 g/mol. The summed E-state index contributed by atoms with van der Waals surface area (Å²) < 4.78 is 62.5. The zero-order chi connectivity index (χ0) is 76.0. The highest BCUT2D eigenvalue weighted by atomic mass is 19.1. The third-order valence-electron chi connectivity index (χ3n) is 20.7. The van der Waals surface area contributed by atoms with Crippen molar-refractivity contribution in [2.24, 2.45) is 40.2 Å². The minimum atomic E-state index is -1.53. The number of para-hydroxylation sites is 1. The second kappa shape index (κ2) is 38.6. The Hall–Kier alpha value is -8.81. The number of ketones is 2. The third kappa shape index (κ3) is 20.9. The van der Waals surface area contributed by atoms with Gasteiger partial charge in [-0.15, -0.1) is 0 Å². The quantitative estimate of drug-likeness (QED) is 0.0242. The van der Waals surface area contributed by atoms with Crippen molar-refractivity contribution in [3.8, 4) is 0 Å². The van der Waals surface area contributed by atoms with Crippen molar-refractivity contribution in [1.29, 1.82) is 0 Å². The molecule has 0 bridgehead atoms. The summed E-state index contributed by atoms with van der Waals surface area (Å²) in [6, 6.07) is 19.0. The first-order valence-electron chi connectivity index (χ1n) is 36.6. The fourth-order valence-corrected chi connectivity index (χ4v) is 15.6. The van der Waals surface area contributed by atoms with Gasteiger partial charge in [-0.3, -0.25) is 38.4 Å². The molecule has 0 aromatic heterocycles.